The lowest BCUT2D eigenvalue weighted by molar-refractivity contribution is -0.138. The van der Waals surface area contributed by atoms with E-state index in [9.17, 15) is 18.0 Å². The highest BCUT2D eigenvalue weighted by atomic mass is 127. The molecule has 214 valence electrons. The Labute approximate surface area is 244 Å². The zero-order valence-corrected chi connectivity index (χ0v) is 24.2. The Bertz CT molecular complexity index is 1730. The van der Waals surface area contributed by atoms with Crippen molar-refractivity contribution in [3.63, 3.8) is 0 Å². The van der Waals surface area contributed by atoms with E-state index < -0.39 is 23.7 Å². The summed E-state index contributed by atoms with van der Waals surface area (Å²) in [4.78, 5) is 22.5. The van der Waals surface area contributed by atoms with Gasteiger partial charge in [0.1, 0.15) is 10.1 Å². The molecule has 0 spiro atoms. The third-order valence-corrected chi connectivity index (χ3v) is 7.92. The van der Waals surface area contributed by atoms with Gasteiger partial charge in [-0.15, -0.1) is 0 Å². The van der Waals surface area contributed by atoms with Gasteiger partial charge in [-0.1, -0.05) is 6.92 Å². The van der Waals surface area contributed by atoms with Crippen molar-refractivity contribution in [1.29, 1.82) is 0 Å². The molecule has 0 saturated heterocycles. The van der Waals surface area contributed by atoms with E-state index in [1.807, 2.05) is 34.2 Å². The molecule has 4 aromatic rings. The number of allylic oxidation sites excluding steroid dienone is 2. The van der Waals surface area contributed by atoms with Gasteiger partial charge in [-0.05, 0) is 47.2 Å². The summed E-state index contributed by atoms with van der Waals surface area (Å²) < 4.78 is 68.5. The number of aromatic nitrogens is 5. The monoisotopic (exact) mass is 682 g/mol. The van der Waals surface area contributed by atoms with E-state index in [1.54, 1.807) is 11.0 Å². The number of hydrogen-bond acceptors (Lipinski definition) is 7. The van der Waals surface area contributed by atoms with Gasteiger partial charge in [0.2, 0.25) is 5.95 Å². The molecule has 3 aromatic heterocycles. The third kappa shape index (κ3) is 4.51. The van der Waals surface area contributed by atoms with Crippen LogP contribution in [0.5, 0.6) is 5.75 Å². The Hall–Kier alpha value is -3.69. The number of nitrogens with zero attached hydrogens (tertiary/aromatic N) is 6. The van der Waals surface area contributed by atoms with Crippen LogP contribution in [0.15, 0.2) is 36.3 Å². The van der Waals surface area contributed by atoms with Gasteiger partial charge in [0.25, 0.3) is 0 Å². The topological polar surface area (TPSA) is 87.3 Å². The number of alkyl halides is 4. The van der Waals surface area contributed by atoms with Crippen LogP contribution in [0.2, 0.25) is 0 Å². The number of methoxy groups -OCH3 is 1. The summed E-state index contributed by atoms with van der Waals surface area (Å²) in [5.41, 5.74) is 4.08. The molecule has 9 nitrogen and oxygen atoms in total. The van der Waals surface area contributed by atoms with Crippen LogP contribution in [0.25, 0.3) is 27.9 Å². The van der Waals surface area contributed by atoms with Crippen LogP contribution in [-0.4, -0.2) is 48.7 Å². The molecule has 2 aliphatic rings. The average Bonchev–Trinajstić information content (AvgIpc) is 3.26. The van der Waals surface area contributed by atoms with E-state index in [1.165, 1.54) is 23.9 Å². The first kappa shape index (κ1) is 27.5. The Morgan fingerprint density at radius 1 is 1.24 bits per heavy atom. The minimum Gasteiger partial charge on any atom is -0.492 e. The summed E-state index contributed by atoms with van der Waals surface area (Å²) in [6.45, 7) is 4.74. The first-order valence-electron chi connectivity index (χ1n) is 12.6. The molecule has 14 heteroatoms. The summed E-state index contributed by atoms with van der Waals surface area (Å²) in [5.74, 6) is -0.455. The lowest BCUT2D eigenvalue weighted by Gasteiger charge is -2.27. The number of anilines is 1. The number of rotatable bonds is 5. The standard InChI is InChI=1S/C27H23F4IN6O3/c1-13-14(2)21(13)38-22(17-8-19(28)24(40-3)23-16(17)4-7-37(23)26(39)41-12-32)18-11-36(6-5-20(18)35-38)25-33-9-15(10-34-25)27(29,30)31/h4,7-10,13H,5-6,11-12H2,1-3H3/t13-/m0/s1. The Balaban J connectivity index is 1.52. The second-order valence-electron chi connectivity index (χ2n) is 9.82. The molecular weight excluding hydrogens is 659 g/mol. The Morgan fingerprint density at radius 3 is 2.56 bits per heavy atom. The molecule has 4 heterocycles. The van der Waals surface area contributed by atoms with Crippen LogP contribution < -0.4 is 9.64 Å². The zero-order valence-electron chi connectivity index (χ0n) is 22.1. The normalized spacial score (nSPS) is 16.8. The molecule has 0 fully saturated rings. The van der Waals surface area contributed by atoms with Crippen molar-refractivity contribution in [2.75, 3.05) is 23.2 Å². The van der Waals surface area contributed by atoms with Gasteiger partial charge in [-0.25, -0.2) is 28.4 Å². The Kier molecular flexibility index (Phi) is 6.70. The van der Waals surface area contributed by atoms with Crippen molar-refractivity contribution in [2.45, 2.75) is 33.0 Å². The second kappa shape index (κ2) is 9.99. The molecule has 0 bridgehead atoms. The molecule has 0 N–H and O–H groups in total. The fourth-order valence-corrected chi connectivity index (χ4v) is 5.63. The van der Waals surface area contributed by atoms with Gasteiger partial charge in [-0.2, -0.15) is 18.3 Å². The highest BCUT2D eigenvalue weighted by Gasteiger charge is 2.37. The summed E-state index contributed by atoms with van der Waals surface area (Å²) in [7, 11) is 1.33. The summed E-state index contributed by atoms with van der Waals surface area (Å²) in [6, 6.07) is 3.06. The molecular formula is C27H23F4IN6O3. The van der Waals surface area contributed by atoms with Crippen LogP contribution >= 0.6 is 22.6 Å². The molecule has 6 rings (SSSR count). The van der Waals surface area contributed by atoms with E-state index in [4.69, 9.17) is 14.6 Å². The number of fused-ring (bicyclic) bond motifs is 2. The van der Waals surface area contributed by atoms with Crippen LogP contribution in [0, 0.1) is 11.7 Å². The fourth-order valence-electron chi connectivity index (χ4n) is 5.36. The van der Waals surface area contributed by atoms with Crippen LogP contribution in [0.3, 0.4) is 0 Å². The van der Waals surface area contributed by atoms with E-state index in [-0.39, 0.29) is 34.3 Å². The number of ether oxygens (including phenoxy) is 2. The lowest BCUT2D eigenvalue weighted by atomic mass is 9.98. The minimum atomic E-state index is -4.54. The predicted molar refractivity (Wildman–Crippen MR) is 150 cm³/mol. The molecule has 0 radical (unpaired) electrons. The van der Waals surface area contributed by atoms with Crippen LogP contribution in [0.1, 0.15) is 30.7 Å². The average molecular weight is 682 g/mol. The van der Waals surface area contributed by atoms with Crippen molar-refractivity contribution in [3.8, 4) is 17.0 Å². The largest absolute Gasteiger partial charge is 0.492 e. The highest BCUT2D eigenvalue weighted by molar-refractivity contribution is 14.1. The fraction of sp³-hybridized carbons (Fsp3) is 0.333. The van der Waals surface area contributed by atoms with Gasteiger partial charge in [0.15, 0.2) is 11.6 Å². The molecule has 0 amide bonds. The van der Waals surface area contributed by atoms with E-state index in [0.717, 1.165) is 34.9 Å². The summed E-state index contributed by atoms with van der Waals surface area (Å²) in [5, 5.41) is 5.45. The van der Waals surface area contributed by atoms with Gasteiger partial charge in [0, 0.05) is 66.2 Å². The van der Waals surface area contributed by atoms with Crippen molar-refractivity contribution in [2.24, 2.45) is 5.92 Å². The third-order valence-electron chi connectivity index (χ3n) is 7.60. The van der Waals surface area contributed by atoms with Gasteiger partial charge in [-0.3, -0.25) is 0 Å². The number of benzene rings is 1. The zero-order chi connectivity index (χ0) is 29.2. The quantitative estimate of drug-likeness (QED) is 0.139. The smallest absolute Gasteiger partial charge is 0.419 e. The summed E-state index contributed by atoms with van der Waals surface area (Å²) >= 11 is 1.90. The SMILES string of the molecule is COc1c(F)cc(-c2c3c(nn2C2=C(C)[C@@H]2C)CCN(c2ncc(C(F)(F)F)cn2)C3)c2ccn(C(=O)OCI)c12. The van der Waals surface area contributed by atoms with Gasteiger partial charge < -0.3 is 14.4 Å². The minimum absolute atomic E-state index is 0.103. The van der Waals surface area contributed by atoms with Crippen LogP contribution in [-0.2, 0) is 23.9 Å². The van der Waals surface area contributed by atoms with Crippen molar-refractivity contribution in [1.82, 2.24) is 24.3 Å². The Morgan fingerprint density at radius 2 is 1.95 bits per heavy atom. The summed E-state index contributed by atoms with van der Waals surface area (Å²) in [6.07, 6.45) is -1.71. The van der Waals surface area contributed by atoms with Crippen molar-refractivity contribution < 1.29 is 31.8 Å². The molecule has 41 heavy (non-hydrogen) atoms. The van der Waals surface area contributed by atoms with Gasteiger partial charge >= 0.3 is 12.3 Å². The molecule has 1 aliphatic carbocycles. The van der Waals surface area contributed by atoms with Crippen molar-refractivity contribution in [3.05, 3.63) is 58.9 Å². The van der Waals surface area contributed by atoms with Gasteiger partial charge in [0.05, 0.1) is 24.1 Å². The van der Waals surface area contributed by atoms with E-state index >= 15 is 4.39 Å². The van der Waals surface area contributed by atoms with E-state index in [0.29, 0.717) is 29.6 Å². The highest BCUT2D eigenvalue weighted by Crippen LogP contribution is 2.48. The number of hydrogen-bond donors (Lipinski definition) is 0. The number of carbonyl (C=O) groups is 1. The predicted octanol–water partition coefficient (Wildman–Crippen LogP) is 6.28. The number of halogens is 5. The molecule has 1 aromatic carbocycles. The maximum atomic E-state index is 15.6. The maximum absolute atomic E-state index is 15.6. The van der Waals surface area contributed by atoms with Crippen molar-refractivity contribution >= 4 is 51.2 Å². The molecule has 1 aliphatic heterocycles. The molecule has 0 unspecified atom stereocenters. The lowest BCUT2D eigenvalue weighted by Crippen LogP contribution is -2.31. The first-order chi connectivity index (χ1) is 19.5. The molecule has 0 saturated carbocycles. The number of carbonyl (C=O) groups excluding carboxylic acids is 1. The first-order valence-corrected chi connectivity index (χ1v) is 14.1. The van der Waals surface area contributed by atoms with E-state index in [2.05, 4.69) is 16.9 Å². The second-order valence-corrected chi connectivity index (χ2v) is 10.4. The molecule has 1 atom stereocenters. The van der Waals surface area contributed by atoms with Crippen LogP contribution in [0.4, 0.5) is 28.3 Å². The maximum Gasteiger partial charge on any atom is 0.419 e.